The molecule has 0 radical (unpaired) electrons. The molecule has 1 aromatic rings. The Morgan fingerprint density at radius 2 is 2.20 bits per heavy atom. The van der Waals surface area contributed by atoms with Crippen molar-refractivity contribution in [2.24, 2.45) is 5.92 Å². The standard InChI is InChI=1S/C11H15NO3/c1-7(2)6-15-9-5-3-4-8(10(9)12)11(13)14/h3-5,7H,6,12H2,1-2H3,(H,13,14). The zero-order valence-corrected chi connectivity index (χ0v) is 8.86. The van der Waals surface area contributed by atoms with E-state index < -0.39 is 5.97 Å². The Kier molecular flexibility index (Phi) is 3.55. The Labute approximate surface area is 88.7 Å². The highest BCUT2D eigenvalue weighted by atomic mass is 16.5. The van der Waals surface area contributed by atoms with Crippen molar-refractivity contribution in [1.29, 1.82) is 0 Å². The minimum atomic E-state index is -1.04. The summed E-state index contributed by atoms with van der Waals surface area (Å²) >= 11 is 0. The molecule has 0 bridgehead atoms. The minimum absolute atomic E-state index is 0.0799. The van der Waals surface area contributed by atoms with E-state index in [4.69, 9.17) is 15.6 Å². The molecular weight excluding hydrogens is 194 g/mol. The van der Waals surface area contributed by atoms with E-state index >= 15 is 0 Å². The van der Waals surface area contributed by atoms with Crippen LogP contribution in [-0.2, 0) is 0 Å². The molecule has 15 heavy (non-hydrogen) atoms. The van der Waals surface area contributed by atoms with E-state index in [1.807, 2.05) is 13.8 Å². The minimum Gasteiger partial charge on any atom is -0.491 e. The molecule has 0 heterocycles. The zero-order chi connectivity index (χ0) is 11.4. The van der Waals surface area contributed by atoms with Crippen LogP contribution in [0.1, 0.15) is 24.2 Å². The van der Waals surface area contributed by atoms with Gasteiger partial charge in [0.25, 0.3) is 0 Å². The number of anilines is 1. The number of para-hydroxylation sites is 1. The van der Waals surface area contributed by atoms with E-state index in [9.17, 15) is 4.79 Å². The van der Waals surface area contributed by atoms with Crippen molar-refractivity contribution >= 4 is 11.7 Å². The number of nitrogen functional groups attached to an aromatic ring is 1. The van der Waals surface area contributed by atoms with Gasteiger partial charge in [0.2, 0.25) is 0 Å². The molecular formula is C11H15NO3. The quantitative estimate of drug-likeness (QED) is 0.744. The fourth-order valence-corrected chi connectivity index (χ4v) is 1.11. The van der Waals surface area contributed by atoms with Crippen LogP contribution >= 0.6 is 0 Å². The van der Waals surface area contributed by atoms with Crippen LogP contribution in [0, 0.1) is 5.92 Å². The molecule has 0 saturated carbocycles. The Bertz CT molecular complexity index is 361. The molecule has 1 aromatic carbocycles. The highest BCUT2D eigenvalue weighted by molar-refractivity contribution is 5.95. The first kappa shape index (κ1) is 11.4. The lowest BCUT2D eigenvalue weighted by Gasteiger charge is -2.11. The second-order valence-electron chi connectivity index (χ2n) is 3.73. The van der Waals surface area contributed by atoms with Gasteiger partial charge >= 0.3 is 5.97 Å². The first-order valence-electron chi connectivity index (χ1n) is 4.77. The Balaban J connectivity index is 2.89. The average Bonchev–Trinajstić information content (AvgIpc) is 2.15. The number of aromatic carboxylic acids is 1. The molecule has 0 aliphatic heterocycles. The second-order valence-corrected chi connectivity index (χ2v) is 3.73. The summed E-state index contributed by atoms with van der Waals surface area (Å²) in [7, 11) is 0. The van der Waals surface area contributed by atoms with Crippen LogP contribution in [0.15, 0.2) is 18.2 Å². The third-order valence-corrected chi connectivity index (χ3v) is 1.87. The van der Waals surface area contributed by atoms with Gasteiger partial charge < -0.3 is 15.6 Å². The Morgan fingerprint density at radius 1 is 1.53 bits per heavy atom. The largest absolute Gasteiger partial charge is 0.491 e. The molecule has 1 rings (SSSR count). The van der Waals surface area contributed by atoms with Gasteiger partial charge in [-0.05, 0) is 18.1 Å². The summed E-state index contributed by atoms with van der Waals surface area (Å²) in [5, 5.41) is 8.83. The number of hydrogen-bond donors (Lipinski definition) is 2. The number of benzene rings is 1. The number of carboxylic acid groups (broad SMARTS) is 1. The van der Waals surface area contributed by atoms with Crippen LogP contribution in [0.25, 0.3) is 0 Å². The number of nitrogens with two attached hydrogens (primary N) is 1. The van der Waals surface area contributed by atoms with E-state index in [0.29, 0.717) is 18.3 Å². The van der Waals surface area contributed by atoms with Gasteiger partial charge in [-0.2, -0.15) is 0 Å². The molecule has 0 unspecified atom stereocenters. The maximum absolute atomic E-state index is 10.8. The fraction of sp³-hybridized carbons (Fsp3) is 0.364. The van der Waals surface area contributed by atoms with Crippen molar-refractivity contribution in [3.05, 3.63) is 23.8 Å². The number of hydrogen-bond acceptors (Lipinski definition) is 3. The third kappa shape index (κ3) is 2.87. The summed E-state index contributed by atoms with van der Waals surface area (Å²) in [6, 6.07) is 4.75. The zero-order valence-electron chi connectivity index (χ0n) is 8.86. The second kappa shape index (κ2) is 4.68. The van der Waals surface area contributed by atoms with E-state index in [0.717, 1.165) is 0 Å². The van der Waals surface area contributed by atoms with E-state index in [1.165, 1.54) is 6.07 Å². The van der Waals surface area contributed by atoms with Gasteiger partial charge in [-0.3, -0.25) is 0 Å². The van der Waals surface area contributed by atoms with E-state index in [2.05, 4.69) is 0 Å². The number of carboxylic acids is 1. The lowest BCUT2D eigenvalue weighted by Crippen LogP contribution is -2.09. The lowest BCUT2D eigenvalue weighted by molar-refractivity contribution is 0.0697. The van der Waals surface area contributed by atoms with Gasteiger partial charge in [-0.1, -0.05) is 19.9 Å². The monoisotopic (exact) mass is 209 g/mol. The van der Waals surface area contributed by atoms with Crippen LogP contribution in [0.3, 0.4) is 0 Å². The van der Waals surface area contributed by atoms with Crippen molar-refractivity contribution in [3.8, 4) is 5.75 Å². The molecule has 0 saturated heterocycles. The van der Waals surface area contributed by atoms with Gasteiger partial charge in [-0.25, -0.2) is 4.79 Å². The number of ether oxygens (including phenoxy) is 1. The first-order chi connectivity index (χ1) is 7.02. The molecule has 0 atom stereocenters. The van der Waals surface area contributed by atoms with Crippen LogP contribution in [0.2, 0.25) is 0 Å². The SMILES string of the molecule is CC(C)COc1cccc(C(=O)O)c1N. The fourth-order valence-electron chi connectivity index (χ4n) is 1.11. The van der Waals surface area contributed by atoms with Crippen LogP contribution in [0.4, 0.5) is 5.69 Å². The molecule has 0 aromatic heterocycles. The van der Waals surface area contributed by atoms with Crippen molar-refractivity contribution in [2.75, 3.05) is 12.3 Å². The first-order valence-corrected chi connectivity index (χ1v) is 4.77. The van der Waals surface area contributed by atoms with Crippen LogP contribution in [0.5, 0.6) is 5.75 Å². The maximum Gasteiger partial charge on any atom is 0.337 e. The predicted octanol–water partition coefficient (Wildman–Crippen LogP) is 2.00. The molecule has 0 amide bonds. The summed E-state index contributed by atoms with van der Waals surface area (Å²) in [5.41, 5.74) is 5.93. The van der Waals surface area contributed by atoms with E-state index in [-0.39, 0.29) is 11.3 Å². The van der Waals surface area contributed by atoms with Gasteiger partial charge in [0.05, 0.1) is 17.9 Å². The summed E-state index contributed by atoms with van der Waals surface area (Å²) in [6.07, 6.45) is 0. The third-order valence-electron chi connectivity index (χ3n) is 1.87. The van der Waals surface area contributed by atoms with Crippen LogP contribution in [-0.4, -0.2) is 17.7 Å². The highest BCUT2D eigenvalue weighted by Crippen LogP contribution is 2.25. The molecule has 3 N–H and O–H groups in total. The Morgan fingerprint density at radius 3 is 2.73 bits per heavy atom. The summed E-state index contributed by atoms with van der Waals surface area (Å²) in [4.78, 5) is 10.8. The molecule has 0 spiro atoms. The van der Waals surface area contributed by atoms with Crippen molar-refractivity contribution < 1.29 is 14.6 Å². The smallest absolute Gasteiger partial charge is 0.337 e. The Hall–Kier alpha value is -1.71. The molecule has 4 heteroatoms. The highest BCUT2D eigenvalue weighted by Gasteiger charge is 2.11. The van der Waals surface area contributed by atoms with Crippen molar-refractivity contribution in [1.82, 2.24) is 0 Å². The van der Waals surface area contributed by atoms with Crippen molar-refractivity contribution in [2.45, 2.75) is 13.8 Å². The number of carbonyl (C=O) groups is 1. The summed E-state index contributed by atoms with van der Waals surface area (Å²) < 4.78 is 5.40. The molecule has 4 nitrogen and oxygen atoms in total. The average molecular weight is 209 g/mol. The normalized spacial score (nSPS) is 10.3. The maximum atomic E-state index is 10.8. The molecule has 0 fully saturated rings. The van der Waals surface area contributed by atoms with E-state index in [1.54, 1.807) is 12.1 Å². The van der Waals surface area contributed by atoms with Gasteiger partial charge in [0.15, 0.2) is 0 Å². The van der Waals surface area contributed by atoms with Gasteiger partial charge in [-0.15, -0.1) is 0 Å². The van der Waals surface area contributed by atoms with Crippen LogP contribution < -0.4 is 10.5 Å². The number of rotatable bonds is 4. The summed E-state index contributed by atoms with van der Waals surface area (Å²) in [6.45, 7) is 4.54. The topological polar surface area (TPSA) is 72.5 Å². The molecule has 82 valence electrons. The summed E-state index contributed by atoms with van der Waals surface area (Å²) in [5.74, 6) is -0.232. The lowest BCUT2D eigenvalue weighted by atomic mass is 10.1. The molecule has 0 aliphatic carbocycles. The molecule has 0 aliphatic rings. The predicted molar refractivity (Wildman–Crippen MR) is 58.1 cm³/mol. The van der Waals surface area contributed by atoms with Gasteiger partial charge in [0, 0.05) is 0 Å². The van der Waals surface area contributed by atoms with Gasteiger partial charge in [0.1, 0.15) is 5.75 Å². The van der Waals surface area contributed by atoms with Crippen molar-refractivity contribution in [3.63, 3.8) is 0 Å².